The number of fused-ring (bicyclic) bond motifs is 1. The first-order valence-electron chi connectivity index (χ1n) is 9.63. The fourth-order valence-electron chi connectivity index (χ4n) is 3.61. The molecule has 0 spiro atoms. The number of aryl methyl sites for hydroxylation is 2. The summed E-state index contributed by atoms with van der Waals surface area (Å²) in [4.78, 5) is 12.4. The largest absolute Gasteiger partial charge is 0.451 e. The van der Waals surface area contributed by atoms with Crippen LogP contribution in [0.2, 0.25) is 0 Å². The van der Waals surface area contributed by atoms with E-state index in [4.69, 9.17) is 4.42 Å². The van der Waals surface area contributed by atoms with Crippen LogP contribution >= 0.6 is 15.9 Å². The highest BCUT2D eigenvalue weighted by molar-refractivity contribution is 9.10. The molecule has 0 bridgehead atoms. The zero-order valence-electron chi connectivity index (χ0n) is 17.3. The van der Waals surface area contributed by atoms with Crippen LogP contribution in [0.5, 0.6) is 0 Å². The molecule has 4 rings (SSSR count). The highest BCUT2D eigenvalue weighted by Crippen LogP contribution is 2.25. The highest BCUT2D eigenvalue weighted by Gasteiger charge is 2.14. The van der Waals surface area contributed by atoms with Gasteiger partial charge in [-0.25, -0.2) is 5.43 Å². The van der Waals surface area contributed by atoms with Crippen LogP contribution in [0, 0.1) is 27.7 Å². The molecular formula is C24H22BrN3O2. The standard InChI is InChI=1S/C24H22BrN3O2/c1-14-6-5-7-21(16(14)3)28-15(2)10-19(17(28)4)13-26-27-24(29)23-12-18-11-20(25)8-9-22(18)30-23/h5-13H,1-4H3,(H,27,29)/b26-13+. The molecule has 0 atom stereocenters. The molecule has 30 heavy (non-hydrogen) atoms. The smallest absolute Gasteiger partial charge is 0.307 e. The molecule has 2 aromatic carbocycles. The van der Waals surface area contributed by atoms with Crippen LogP contribution < -0.4 is 5.43 Å². The number of hydrogen-bond acceptors (Lipinski definition) is 3. The fraction of sp³-hybridized carbons (Fsp3) is 0.167. The number of hydrazone groups is 1. The molecule has 1 N–H and O–H groups in total. The van der Waals surface area contributed by atoms with Gasteiger partial charge in [0, 0.05) is 32.5 Å². The third-order valence-corrected chi connectivity index (χ3v) is 5.85. The Bertz CT molecular complexity index is 1300. The van der Waals surface area contributed by atoms with Crippen molar-refractivity contribution in [2.24, 2.45) is 5.10 Å². The van der Waals surface area contributed by atoms with E-state index >= 15 is 0 Å². The van der Waals surface area contributed by atoms with Crippen molar-refractivity contribution in [3.05, 3.63) is 86.8 Å². The second-order valence-electron chi connectivity index (χ2n) is 7.37. The predicted molar refractivity (Wildman–Crippen MR) is 124 cm³/mol. The van der Waals surface area contributed by atoms with Crippen molar-refractivity contribution in [3.63, 3.8) is 0 Å². The van der Waals surface area contributed by atoms with E-state index in [1.807, 2.05) is 18.2 Å². The summed E-state index contributed by atoms with van der Waals surface area (Å²) in [6.07, 6.45) is 1.67. The predicted octanol–water partition coefficient (Wildman–Crippen LogP) is 5.98. The van der Waals surface area contributed by atoms with Gasteiger partial charge >= 0.3 is 5.91 Å². The first kappa shape index (κ1) is 20.2. The monoisotopic (exact) mass is 463 g/mol. The highest BCUT2D eigenvalue weighted by atomic mass is 79.9. The lowest BCUT2D eigenvalue weighted by molar-refractivity contribution is 0.0929. The molecule has 152 valence electrons. The molecule has 2 aromatic heterocycles. The Morgan fingerprint density at radius 2 is 1.90 bits per heavy atom. The molecule has 6 heteroatoms. The molecule has 0 unspecified atom stereocenters. The lowest BCUT2D eigenvalue weighted by Crippen LogP contribution is -2.16. The summed E-state index contributed by atoms with van der Waals surface area (Å²) >= 11 is 3.42. The molecule has 0 saturated heterocycles. The van der Waals surface area contributed by atoms with Gasteiger partial charge in [-0.1, -0.05) is 28.1 Å². The number of amides is 1. The fourth-order valence-corrected chi connectivity index (χ4v) is 3.99. The maximum Gasteiger partial charge on any atom is 0.307 e. The molecule has 0 aliphatic heterocycles. The Balaban J connectivity index is 1.55. The van der Waals surface area contributed by atoms with Gasteiger partial charge < -0.3 is 8.98 Å². The first-order chi connectivity index (χ1) is 14.3. The zero-order chi connectivity index (χ0) is 21.4. The number of halogens is 1. The van der Waals surface area contributed by atoms with Gasteiger partial charge in [-0.15, -0.1) is 0 Å². The summed E-state index contributed by atoms with van der Waals surface area (Å²) < 4.78 is 8.75. The number of rotatable bonds is 4. The minimum atomic E-state index is -0.387. The van der Waals surface area contributed by atoms with Crippen LogP contribution in [0.15, 0.2) is 62.5 Å². The van der Waals surface area contributed by atoms with Crippen molar-refractivity contribution in [2.75, 3.05) is 0 Å². The van der Waals surface area contributed by atoms with Crippen LogP contribution in [-0.2, 0) is 0 Å². The molecular weight excluding hydrogens is 442 g/mol. The van der Waals surface area contributed by atoms with Gasteiger partial charge in [0.2, 0.25) is 0 Å². The molecule has 1 amide bonds. The molecule has 5 nitrogen and oxygen atoms in total. The molecule has 0 aliphatic carbocycles. The van der Waals surface area contributed by atoms with Crippen LogP contribution in [0.1, 0.15) is 38.6 Å². The van der Waals surface area contributed by atoms with E-state index < -0.39 is 0 Å². The summed E-state index contributed by atoms with van der Waals surface area (Å²) in [7, 11) is 0. The Hall–Kier alpha value is -3.12. The van der Waals surface area contributed by atoms with Gasteiger partial charge in [-0.05, 0) is 75.2 Å². The zero-order valence-corrected chi connectivity index (χ0v) is 18.9. The molecule has 2 heterocycles. The lowest BCUT2D eigenvalue weighted by Gasteiger charge is -2.14. The maximum atomic E-state index is 12.4. The Morgan fingerprint density at radius 3 is 2.70 bits per heavy atom. The summed E-state index contributed by atoms with van der Waals surface area (Å²) in [6.45, 7) is 8.36. The number of hydrogen-bond donors (Lipinski definition) is 1. The van der Waals surface area contributed by atoms with Gasteiger partial charge in [0.25, 0.3) is 0 Å². The van der Waals surface area contributed by atoms with Gasteiger partial charge in [0.15, 0.2) is 5.76 Å². The van der Waals surface area contributed by atoms with Crippen LogP contribution in [0.4, 0.5) is 0 Å². The maximum absolute atomic E-state index is 12.4. The van der Waals surface area contributed by atoms with Crippen LogP contribution in [0.25, 0.3) is 16.7 Å². The molecule has 0 aliphatic rings. The second-order valence-corrected chi connectivity index (χ2v) is 8.29. The van der Waals surface area contributed by atoms with Gasteiger partial charge in [0.1, 0.15) is 5.58 Å². The second kappa shape index (κ2) is 7.95. The lowest BCUT2D eigenvalue weighted by atomic mass is 10.1. The number of carbonyl (C=O) groups is 1. The molecule has 0 radical (unpaired) electrons. The van der Waals surface area contributed by atoms with E-state index in [1.54, 1.807) is 12.3 Å². The van der Waals surface area contributed by atoms with Crippen molar-refractivity contribution in [3.8, 4) is 5.69 Å². The van der Waals surface area contributed by atoms with Crippen molar-refractivity contribution in [1.82, 2.24) is 9.99 Å². The number of benzene rings is 2. The van der Waals surface area contributed by atoms with Crippen molar-refractivity contribution in [2.45, 2.75) is 27.7 Å². The van der Waals surface area contributed by atoms with Crippen molar-refractivity contribution >= 4 is 39.0 Å². The number of carbonyl (C=O) groups excluding carboxylic acids is 1. The number of nitrogens with zero attached hydrogens (tertiary/aromatic N) is 2. The summed E-state index contributed by atoms with van der Waals surface area (Å²) in [5.74, 6) is -0.164. The van der Waals surface area contributed by atoms with Crippen molar-refractivity contribution < 1.29 is 9.21 Å². The van der Waals surface area contributed by atoms with E-state index in [2.05, 4.69) is 83.0 Å². The average Bonchev–Trinajstić information content (AvgIpc) is 3.25. The van der Waals surface area contributed by atoms with Crippen molar-refractivity contribution in [1.29, 1.82) is 0 Å². The third kappa shape index (κ3) is 3.71. The quantitative estimate of drug-likeness (QED) is 0.298. The Kier molecular flexibility index (Phi) is 5.35. The van der Waals surface area contributed by atoms with Gasteiger partial charge in [-0.2, -0.15) is 5.10 Å². The molecule has 4 aromatic rings. The number of furan rings is 1. The summed E-state index contributed by atoms with van der Waals surface area (Å²) in [5, 5.41) is 5.00. The van der Waals surface area contributed by atoms with E-state index in [0.29, 0.717) is 5.58 Å². The number of aromatic nitrogens is 1. The van der Waals surface area contributed by atoms with Gasteiger partial charge in [0.05, 0.1) is 6.21 Å². The van der Waals surface area contributed by atoms with Crippen LogP contribution in [0.3, 0.4) is 0 Å². The van der Waals surface area contributed by atoms with Gasteiger partial charge in [-0.3, -0.25) is 4.79 Å². The SMILES string of the molecule is Cc1cccc(-n2c(C)cc(/C=N/NC(=O)c3cc4cc(Br)ccc4o3)c2C)c1C. The van der Waals surface area contributed by atoms with E-state index in [-0.39, 0.29) is 11.7 Å². The summed E-state index contributed by atoms with van der Waals surface area (Å²) in [5.41, 5.74) is 9.98. The summed E-state index contributed by atoms with van der Waals surface area (Å²) in [6, 6.07) is 15.7. The minimum Gasteiger partial charge on any atom is -0.451 e. The minimum absolute atomic E-state index is 0.223. The number of nitrogens with one attached hydrogen (secondary N) is 1. The van der Waals surface area contributed by atoms with E-state index in [1.165, 1.54) is 11.1 Å². The third-order valence-electron chi connectivity index (χ3n) is 5.36. The molecule has 0 saturated carbocycles. The normalized spacial score (nSPS) is 11.5. The van der Waals surface area contributed by atoms with E-state index in [9.17, 15) is 4.79 Å². The van der Waals surface area contributed by atoms with E-state index in [0.717, 1.165) is 32.5 Å². The van der Waals surface area contributed by atoms with Crippen LogP contribution in [-0.4, -0.2) is 16.7 Å². The first-order valence-corrected chi connectivity index (χ1v) is 10.4. The molecule has 0 fully saturated rings. The Labute approximate surface area is 183 Å². The topological polar surface area (TPSA) is 59.5 Å². The average molecular weight is 464 g/mol. The Morgan fingerprint density at radius 1 is 1.10 bits per heavy atom.